The first kappa shape index (κ1) is 15.9. The summed E-state index contributed by atoms with van der Waals surface area (Å²) in [7, 11) is -3.60. The van der Waals surface area contributed by atoms with Gasteiger partial charge in [-0.05, 0) is 13.8 Å². The number of sulfonamides is 1. The highest BCUT2D eigenvalue weighted by Gasteiger charge is 2.35. The quantitative estimate of drug-likeness (QED) is 0.664. The van der Waals surface area contributed by atoms with E-state index in [0.29, 0.717) is 13.1 Å². The molecule has 1 aromatic rings. The standard InChI is InChI=1S/C13H19N3O4S/c1-10-7-14-8-11(2)15(10)21(19,20)9-12-5-3-4-6-13(12)16(17)18/h3-6,10-11,14H,7-9H2,1-2H3. The van der Waals surface area contributed by atoms with Crippen LogP contribution in [0.15, 0.2) is 24.3 Å². The maximum Gasteiger partial charge on any atom is 0.273 e. The molecule has 0 aromatic heterocycles. The second-order valence-corrected chi connectivity index (χ2v) is 7.20. The first-order valence-electron chi connectivity index (χ1n) is 6.77. The van der Waals surface area contributed by atoms with E-state index < -0.39 is 14.9 Å². The van der Waals surface area contributed by atoms with Gasteiger partial charge in [0.2, 0.25) is 10.0 Å². The molecule has 2 rings (SSSR count). The first-order chi connectivity index (χ1) is 9.83. The molecule has 1 saturated heterocycles. The molecule has 116 valence electrons. The van der Waals surface area contributed by atoms with Gasteiger partial charge in [0.05, 0.1) is 10.7 Å². The Labute approximate surface area is 124 Å². The molecule has 0 radical (unpaired) electrons. The molecule has 21 heavy (non-hydrogen) atoms. The van der Waals surface area contributed by atoms with Gasteiger partial charge in [0.15, 0.2) is 0 Å². The smallest absolute Gasteiger partial charge is 0.273 e. The van der Waals surface area contributed by atoms with Crippen LogP contribution in [0, 0.1) is 10.1 Å². The van der Waals surface area contributed by atoms with Crippen molar-refractivity contribution < 1.29 is 13.3 Å². The Morgan fingerprint density at radius 2 is 1.86 bits per heavy atom. The SMILES string of the molecule is CC1CNCC(C)N1S(=O)(=O)Cc1ccccc1[N+](=O)[O-]. The average molecular weight is 313 g/mol. The number of piperazine rings is 1. The highest BCUT2D eigenvalue weighted by molar-refractivity contribution is 7.88. The van der Waals surface area contributed by atoms with Crippen LogP contribution < -0.4 is 5.32 Å². The molecule has 0 aliphatic carbocycles. The minimum absolute atomic E-state index is 0.156. The lowest BCUT2D eigenvalue weighted by atomic mass is 10.2. The Morgan fingerprint density at radius 1 is 1.29 bits per heavy atom. The predicted octanol–water partition coefficient (Wildman–Crippen LogP) is 1.11. The zero-order chi connectivity index (χ0) is 15.6. The maximum absolute atomic E-state index is 12.6. The molecule has 1 heterocycles. The van der Waals surface area contributed by atoms with Gasteiger partial charge in [0.1, 0.15) is 0 Å². The van der Waals surface area contributed by atoms with Gasteiger partial charge >= 0.3 is 0 Å². The van der Waals surface area contributed by atoms with Crippen molar-refractivity contribution in [3.63, 3.8) is 0 Å². The second-order valence-electron chi connectivity index (χ2n) is 5.33. The van der Waals surface area contributed by atoms with Gasteiger partial charge in [-0.15, -0.1) is 0 Å². The zero-order valence-corrected chi connectivity index (χ0v) is 12.8. The number of nitrogens with one attached hydrogen (secondary N) is 1. The van der Waals surface area contributed by atoms with Crippen LogP contribution in [-0.4, -0.2) is 42.8 Å². The third-order valence-corrected chi connectivity index (χ3v) is 5.63. The van der Waals surface area contributed by atoms with Crippen molar-refractivity contribution >= 4 is 15.7 Å². The molecule has 1 N–H and O–H groups in total. The fraction of sp³-hybridized carbons (Fsp3) is 0.538. The fourth-order valence-electron chi connectivity index (χ4n) is 2.75. The third kappa shape index (κ3) is 3.39. The molecule has 7 nitrogen and oxygen atoms in total. The summed E-state index contributed by atoms with van der Waals surface area (Å²) in [6.07, 6.45) is 0. The summed E-state index contributed by atoms with van der Waals surface area (Å²) in [5.41, 5.74) is 0.0666. The van der Waals surface area contributed by atoms with Crippen molar-refractivity contribution in [2.75, 3.05) is 13.1 Å². The number of nitro benzene ring substituents is 1. The van der Waals surface area contributed by atoms with Crippen LogP contribution in [0.2, 0.25) is 0 Å². The van der Waals surface area contributed by atoms with E-state index in [1.807, 2.05) is 13.8 Å². The molecule has 1 aliphatic heterocycles. The Morgan fingerprint density at radius 3 is 2.43 bits per heavy atom. The fourth-order valence-corrected chi connectivity index (χ4v) is 4.78. The number of nitrogens with zero attached hydrogens (tertiary/aromatic N) is 2. The largest absolute Gasteiger partial charge is 0.314 e. The normalized spacial score (nSPS) is 23.9. The highest BCUT2D eigenvalue weighted by Crippen LogP contribution is 2.24. The molecule has 0 amide bonds. The van der Waals surface area contributed by atoms with Crippen LogP contribution in [0.5, 0.6) is 0 Å². The van der Waals surface area contributed by atoms with E-state index in [0.717, 1.165) is 0 Å². The van der Waals surface area contributed by atoms with E-state index in [1.54, 1.807) is 6.07 Å². The van der Waals surface area contributed by atoms with Crippen molar-refractivity contribution in [1.29, 1.82) is 0 Å². The number of benzene rings is 1. The van der Waals surface area contributed by atoms with Gasteiger partial charge in [-0.3, -0.25) is 10.1 Å². The molecule has 0 spiro atoms. The van der Waals surface area contributed by atoms with E-state index in [9.17, 15) is 18.5 Å². The molecular formula is C13H19N3O4S. The van der Waals surface area contributed by atoms with Crippen molar-refractivity contribution in [2.24, 2.45) is 0 Å². The molecule has 0 saturated carbocycles. The molecule has 1 fully saturated rings. The molecule has 1 aromatic carbocycles. The lowest BCUT2D eigenvalue weighted by Gasteiger charge is -2.38. The van der Waals surface area contributed by atoms with Crippen molar-refractivity contribution in [3.8, 4) is 0 Å². The number of rotatable bonds is 4. The number of nitro groups is 1. The molecular weight excluding hydrogens is 294 g/mol. The Bertz CT molecular complexity index is 622. The van der Waals surface area contributed by atoms with Gasteiger partial charge in [-0.1, -0.05) is 18.2 Å². The van der Waals surface area contributed by atoms with Crippen LogP contribution >= 0.6 is 0 Å². The third-order valence-electron chi connectivity index (χ3n) is 3.60. The summed E-state index contributed by atoms with van der Waals surface area (Å²) in [6, 6.07) is 5.64. The minimum atomic E-state index is -3.60. The maximum atomic E-state index is 12.6. The van der Waals surface area contributed by atoms with Crippen LogP contribution in [0.4, 0.5) is 5.69 Å². The van der Waals surface area contributed by atoms with Gasteiger partial charge in [-0.25, -0.2) is 8.42 Å². The van der Waals surface area contributed by atoms with Crippen LogP contribution in [0.3, 0.4) is 0 Å². The number of hydrogen-bond donors (Lipinski definition) is 1. The van der Waals surface area contributed by atoms with Crippen molar-refractivity contribution in [2.45, 2.75) is 31.7 Å². The van der Waals surface area contributed by atoms with Crippen molar-refractivity contribution in [3.05, 3.63) is 39.9 Å². The Hall–Kier alpha value is -1.51. The van der Waals surface area contributed by atoms with E-state index in [2.05, 4.69) is 5.32 Å². The lowest BCUT2D eigenvalue weighted by Crippen LogP contribution is -2.57. The summed E-state index contributed by atoms with van der Waals surface area (Å²) in [5, 5.41) is 14.2. The Kier molecular flexibility index (Phi) is 4.60. The summed E-state index contributed by atoms with van der Waals surface area (Å²) in [6.45, 7) is 4.83. The molecule has 2 atom stereocenters. The molecule has 2 unspecified atom stereocenters. The van der Waals surface area contributed by atoms with Crippen LogP contribution in [0.1, 0.15) is 19.4 Å². The second kappa shape index (κ2) is 6.08. The topological polar surface area (TPSA) is 92.6 Å². The van der Waals surface area contributed by atoms with Gasteiger partial charge in [-0.2, -0.15) is 4.31 Å². The van der Waals surface area contributed by atoms with Gasteiger partial charge in [0.25, 0.3) is 5.69 Å². The summed E-state index contributed by atoms with van der Waals surface area (Å²) < 4.78 is 26.7. The molecule has 0 bridgehead atoms. The number of para-hydroxylation sites is 1. The van der Waals surface area contributed by atoms with E-state index in [-0.39, 0.29) is 29.1 Å². The van der Waals surface area contributed by atoms with Gasteiger partial charge in [0, 0.05) is 36.8 Å². The summed E-state index contributed by atoms with van der Waals surface area (Å²) in [5.74, 6) is -0.348. The number of hydrogen-bond acceptors (Lipinski definition) is 5. The van der Waals surface area contributed by atoms with Crippen LogP contribution in [-0.2, 0) is 15.8 Å². The molecule has 8 heteroatoms. The van der Waals surface area contributed by atoms with E-state index in [1.165, 1.54) is 22.5 Å². The molecule has 1 aliphatic rings. The van der Waals surface area contributed by atoms with E-state index >= 15 is 0 Å². The lowest BCUT2D eigenvalue weighted by molar-refractivity contribution is -0.385. The van der Waals surface area contributed by atoms with Crippen LogP contribution in [0.25, 0.3) is 0 Å². The summed E-state index contributed by atoms with van der Waals surface area (Å²) in [4.78, 5) is 10.5. The Balaban J connectivity index is 2.31. The summed E-state index contributed by atoms with van der Waals surface area (Å²) >= 11 is 0. The van der Waals surface area contributed by atoms with Gasteiger partial charge < -0.3 is 5.32 Å². The van der Waals surface area contributed by atoms with E-state index in [4.69, 9.17) is 0 Å². The average Bonchev–Trinajstić information content (AvgIpc) is 2.37. The zero-order valence-electron chi connectivity index (χ0n) is 12.0. The minimum Gasteiger partial charge on any atom is -0.314 e. The highest BCUT2D eigenvalue weighted by atomic mass is 32.2. The first-order valence-corrected chi connectivity index (χ1v) is 8.38. The monoisotopic (exact) mass is 313 g/mol. The van der Waals surface area contributed by atoms with Crippen molar-refractivity contribution in [1.82, 2.24) is 9.62 Å². The predicted molar refractivity (Wildman–Crippen MR) is 79.4 cm³/mol.